The van der Waals surface area contributed by atoms with E-state index >= 15 is 0 Å². The van der Waals surface area contributed by atoms with Crippen LogP contribution in [0.4, 0.5) is 0 Å². The molecule has 0 aliphatic rings. The molecule has 0 heterocycles. The summed E-state index contributed by atoms with van der Waals surface area (Å²) in [6, 6.07) is 7.24. The molecule has 0 unspecified atom stereocenters. The van der Waals surface area contributed by atoms with Gasteiger partial charge in [-0.15, -0.1) is 0 Å². The summed E-state index contributed by atoms with van der Waals surface area (Å²) in [6.45, 7) is 7.35. The lowest BCUT2D eigenvalue weighted by atomic mass is 10.2. The third kappa shape index (κ3) is 3.76. The first-order valence-electron chi connectivity index (χ1n) is 4.31. The summed E-state index contributed by atoms with van der Waals surface area (Å²) in [6.07, 6.45) is 0. The molecule has 0 spiro atoms. The van der Waals surface area contributed by atoms with Crippen molar-refractivity contribution in [2.45, 2.75) is 13.5 Å². The number of aromatic hydroxyl groups is 1. The summed E-state index contributed by atoms with van der Waals surface area (Å²) < 4.78 is 0. The summed E-state index contributed by atoms with van der Waals surface area (Å²) in [7, 11) is 0. The average Bonchev–Trinajstić information content (AvgIpc) is 2.03. The van der Waals surface area contributed by atoms with Gasteiger partial charge in [-0.25, -0.2) is 0 Å². The van der Waals surface area contributed by atoms with Crippen molar-refractivity contribution in [3.05, 3.63) is 42.0 Å². The summed E-state index contributed by atoms with van der Waals surface area (Å²) in [5.74, 6) is 0.314. The molecule has 0 fully saturated rings. The summed E-state index contributed by atoms with van der Waals surface area (Å²) >= 11 is 0. The minimum atomic E-state index is 0.314. The van der Waals surface area contributed by atoms with Gasteiger partial charge < -0.3 is 10.4 Å². The van der Waals surface area contributed by atoms with E-state index in [9.17, 15) is 5.11 Å². The van der Waals surface area contributed by atoms with E-state index in [0.717, 1.165) is 24.2 Å². The molecule has 0 bridgehead atoms. The zero-order valence-electron chi connectivity index (χ0n) is 7.88. The van der Waals surface area contributed by atoms with Crippen LogP contribution in [0.3, 0.4) is 0 Å². The molecule has 2 nitrogen and oxygen atoms in total. The predicted molar refractivity (Wildman–Crippen MR) is 54.6 cm³/mol. The van der Waals surface area contributed by atoms with Crippen molar-refractivity contribution in [1.29, 1.82) is 0 Å². The summed E-state index contributed by atoms with van der Waals surface area (Å²) in [4.78, 5) is 0. The average molecular weight is 177 g/mol. The Morgan fingerprint density at radius 2 is 2.31 bits per heavy atom. The number of hydrogen-bond acceptors (Lipinski definition) is 2. The van der Waals surface area contributed by atoms with Gasteiger partial charge in [0.05, 0.1) is 0 Å². The lowest BCUT2D eigenvalue weighted by Gasteiger charge is -2.04. The molecule has 0 radical (unpaired) electrons. The highest BCUT2D eigenvalue weighted by molar-refractivity contribution is 5.26. The SMILES string of the molecule is C=C(C)CNCc1cccc(O)c1. The second-order valence-corrected chi connectivity index (χ2v) is 3.23. The minimum Gasteiger partial charge on any atom is -0.508 e. The van der Waals surface area contributed by atoms with Crippen LogP contribution in [0.1, 0.15) is 12.5 Å². The van der Waals surface area contributed by atoms with Gasteiger partial charge in [0.25, 0.3) is 0 Å². The largest absolute Gasteiger partial charge is 0.508 e. The molecular weight excluding hydrogens is 162 g/mol. The molecule has 0 atom stereocenters. The molecule has 70 valence electrons. The third-order valence-electron chi connectivity index (χ3n) is 1.67. The van der Waals surface area contributed by atoms with Crippen LogP contribution in [-0.2, 0) is 6.54 Å². The van der Waals surface area contributed by atoms with Crippen molar-refractivity contribution in [1.82, 2.24) is 5.32 Å². The van der Waals surface area contributed by atoms with E-state index in [4.69, 9.17) is 0 Å². The Hall–Kier alpha value is -1.28. The topological polar surface area (TPSA) is 32.3 Å². The smallest absolute Gasteiger partial charge is 0.115 e. The van der Waals surface area contributed by atoms with Crippen LogP contribution in [0.25, 0.3) is 0 Å². The number of rotatable bonds is 4. The van der Waals surface area contributed by atoms with Crippen LogP contribution >= 0.6 is 0 Å². The predicted octanol–water partition coefficient (Wildman–Crippen LogP) is 2.06. The van der Waals surface area contributed by atoms with Gasteiger partial charge in [0, 0.05) is 13.1 Å². The number of nitrogens with one attached hydrogen (secondary N) is 1. The normalized spacial score (nSPS) is 9.92. The van der Waals surface area contributed by atoms with Gasteiger partial charge in [-0.1, -0.05) is 24.3 Å². The van der Waals surface area contributed by atoms with Gasteiger partial charge >= 0.3 is 0 Å². The fraction of sp³-hybridized carbons (Fsp3) is 0.273. The molecule has 1 rings (SSSR count). The Morgan fingerprint density at radius 1 is 1.54 bits per heavy atom. The van der Waals surface area contributed by atoms with Gasteiger partial charge in [-0.2, -0.15) is 0 Å². The summed E-state index contributed by atoms with van der Waals surface area (Å²) in [5.41, 5.74) is 2.20. The Bertz CT molecular complexity index is 294. The Labute approximate surface area is 78.9 Å². The minimum absolute atomic E-state index is 0.314. The fourth-order valence-electron chi connectivity index (χ4n) is 1.09. The first-order chi connectivity index (χ1) is 6.18. The molecule has 2 heteroatoms. The standard InChI is InChI=1S/C11H15NO/c1-9(2)7-12-8-10-4-3-5-11(13)6-10/h3-6,12-13H,1,7-8H2,2H3. The van der Waals surface area contributed by atoms with Gasteiger partial charge in [-0.05, 0) is 24.6 Å². The Kier molecular flexibility index (Phi) is 3.53. The maximum Gasteiger partial charge on any atom is 0.115 e. The van der Waals surface area contributed by atoms with E-state index in [1.54, 1.807) is 12.1 Å². The van der Waals surface area contributed by atoms with Gasteiger partial charge in [-0.3, -0.25) is 0 Å². The van der Waals surface area contributed by atoms with Crippen LogP contribution in [-0.4, -0.2) is 11.7 Å². The fourth-order valence-corrected chi connectivity index (χ4v) is 1.09. The number of phenolic OH excluding ortho intramolecular Hbond substituents is 1. The highest BCUT2D eigenvalue weighted by Gasteiger charge is 1.93. The third-order valence-corrected chi connectivity index (χ3v) is 1.67. The van der Waals surface area contributed by atoms with E-state index < -0.39 is 0 Å². The van der Waals surface area contributed by atoms with Crippen molar-refractivity contribution in [2.24, 2.45) is 0 Å². The van der Waals surface area contributed by atoms with E-state index in [0.29, 0.717) is 5.75 Å². The number of benzene rings is 1. The molecule has 13 heavy (non-hydrogen) atoms. The van der Waals surface area contributed by atoms with Gasteiger partial charge in [0.1, 0.15) is 5.75 Å². The molecule has 1 aromatic carbocycles. The van der Waals surface area contributed by atoms with Crippen LogP contribution in [0.15, 0.2) is 36.4 Å². The second kappa shape index (κ2) is 4.67. The maximum absolute atomic E-state index is 9.18. The molecule has 0 saturated carbocycles. The molecule has 0 amide bonds. The zero-order chi connectivity index (χ0) is 9.68. The number of phenols is 1. The molecule has 0 aliphatic carbocycles. The Morgan fingerprint density at radius 3 is 2.92 bits per heavy atom. The van der Waals surface area contributed by atoms with Crippen molar-refractivity contribution in [3.8, 4) is 5.75 Å². The molecule has 0 aromatic heterocycles. The molecule has 0 saturated heterocycles. The van der Waals surface area contributed by atoms with Crippen molar-refractivity contribution >= 4 is 0 Å². The maximum atomic E-state index is 9.18. The zero-order valence-corrected chi connectivity index (χ0v) is 7.88. The molecule has 2 N–H and O–H groups in total. The lowest BCUT2D eigenvalue weighted by molar-refractivity contribution is 0.474. The van der Waals surface area contributed by atoms with Crippen LogP contribution in [0.2, 0.25) is 0 Å². The monoisotopic (exact) mass is 177 g/mol. The highest BCUT2D eigenvalue weighted by Crippen LogP contribution is 2.10. The van der Waals surface area contributed by atoms with E-state index in [2.05, 4.69) is 11.9 Å². The van der Waals surface area contributed by atoms with Gasteiger partial charge in [0.15, 0.2) is 0 Å². The van der Waals surface area contributed by atoms with Crippen LogP contribution in [0, 0.1) is 0 Å². The first-order valence-corrected chi connectivity index (χ1v) is 4.31. The van der Waals surface area contributed by atoms with E-state index in [-0.39, 0.29) is 0 Å². The van der Waals surface area contributed by atoms with Crippen molar-refractivity contribution < 1.29 is 5.11 Å². The van der Waals surface area contributed by atoms with E-state index in [1.165, 1.54) is 0 Å². The van der Waals surface area contributed by atoms with Crippen LogP contribution < -0.4 is 5.32 Å². The number of hydrogen-bond donors (Lipinski definition) is 2. The molecule has 0 aliphatic heterocycles. The summed E-state index contributed by atoms with van der Waals surface area (Å²) in [5, 5.41) is 12.4. The lowest BCUT2D eigenvalue weighted by Crippen LogP contribution is -2.14. The Balaban J connectivity index is 2.41. The first kappa shape index (κ1) is 9.81. The van der Waals surface area contributed by atoms with Crippen molar-refractivity contribution in [3.63, 3.8) is 0 Å². The van der Waals surface area contributed by atoms with Gasteiger partial charge in [0.2, 0.25) is 0 Å². The van der Waals surface area contributed by atoms with Crippen LogP contribution in [0.5, 0.6) is 5.75 Å². The quantitative estimate of drug-likeness (QED) is 0.690. The molecule has 1 aromatic rings. The highest BCUT2D eigenvalue weighted by atomic mass is 16.3. The van der Waals surface area contributed by atoms with Crippen molar-refractivity contribution in [2.75, 3.05) is 6.54 Å². The second-order valence-electron chi connectivity index (χ2n) is 3.23. The van der Waals surface area contributed by atoms with E-state index in [1.807, 2.05) is 19.1 Å². The molecular formula is C11H15NO.